The molecule has 29 heavy (non-hydrogen) atoms. The molecule has 4 rings (SSSR count). The number of hydrogen-bond acceptors (Lipinski definition) is 5. The summed E-state index contributed by atoms with van der Waals surface area (Å²) in [6.07, 6.45) is 2.76. The fourth-order valence-electron chi connectivity index (χ4n) is 3.60. The van der Waals surface area contributed by atoms with E-state index in [0.717, 1.165) is 41.8 Å². The highest BCUT2D eigenvalue weighted by Gasteiger charge is 2.32. The molecule has 1 N–H and O–H groups in total. The highest BCUT2D eigenvalue weighted by atomic mass is 16.5. The minimum Gasteiger partial charge on any atom is -0.497 e. The summed E-state index contributed by atoms with van der Waals surface area (Å²) < 4.78 is 10.8. The summed E-state index contributed by atoms with van der Waals surface area (Å²) in [6, 6.07) is 14.9. The summed E-state index contributed by atoms with van der Waals surface area (Å²) >= 11 is 0. The number of benzene rings is 2. The number of amides is 2. The van der Waals surface area contributed by atoms with E-state index in [1.165, 1.54) is 0 Å². The normalized spacial score (nSPS) is 16.5. The zero-order valence-corrected chi connectivity index (χ0v) is 16.6. The number of hydrogen-bond donors (Lipinski definition) is 1. The second kappa shape index (κ2) is 8.34. The van der Waals surface area contributed by atoms with Crippen LogP contribution in [-0.2, 0) is 0 Å². The summed E-state index contributed by atoms with van der Waals surface area (Å²) in [5.41, 5.74) is 2.69. The number of carbonyl (C=O) groups excluding carboxylic acids is 1. The third kappa shape index (κ3) is 4.23. The number of nitrogens with one attached hydrogen (secondary N) is 1. The molecule has 0 radical (unpaired) electrons. The van der Waals surface area contributed by atoms with Gasteiger partial charge in [-0.2, -0.15) is 4.98 Å². The van der Waals surface area contributed by atoms with E-state index in [1.807, 2.05) is 55.5 Å². The van der Waals surface area contributed by atoms with Crippen molar-refractivity contribution in [3.8, 4) is 17.1 Å². The van der Waals surface area contributed by atoms with Gasteiger partial charge < -0.3 is 19.5 Å². The van der Waals surface area contributed by atoms with E-state index >= 15 is 0 Å². The van der Waals surface area contributed by atoms with Crippen LogP contribution in [0.25, 0.3) is 11.4 Å². The number of nitrogens with zero attached hydrogens (tertiary/aromatic N) is 3. The Morgan fingerprint density at radius 3 is 2.90 bits per heavy atom. The minimum atomic E-state index is -0.236. The molecule has 0 saturated carbocycles. The maximum atomic E-state index is 12.9. The third-order valence-electron chi connectivity index (χ3n) is 5.09. The topological polar surface area (TPSA) is 80.5 Å². The van der Waals surface area contributed by atoms with Gasteiger partial charge in [-0.3, -0.25) is 0 Å². The van der Waals surface area contributed by atoms with Crippen molar-refractivity contribution in [3.63, 3.8) is 0 Å². The first-order valence-corrected chi connectivity index (χ1v) is 9.76. The van der Waals surface area contributed by atoms with Crippen LogP contribution in [0.3, 0.4) is 0 Å². The Labute approximate surface area is 169 Å². The lowest BCUT2D eigenvalue weighted by Gasteiger charge is -2.33. The highest BCUT2D eigenvalue weighted by Crippen LogP contribution is 2.32. The molecule has 2 amide bonds. The molecule has 2 aromatic carbocycles. The molecule has 1 fully saturated rings. The summed E-state index contributed by atoms with van der Waals surface area (Å²) in [5, 5.41) is 7.11. The number of likely N-dealkylation sites (tertiary alicyclic amines) is 1. The number of aromatic nitrogens is 2. The molecule has 1 aromatic heterocycles. The SMILES string of the molecule is COc1cccc(-c2noc([C@@H]3CCCCN3C(=O)Nc3cccc(C)c3)n2)c1. The molecule has 7 heteroatoms. The van der Waals surface area contributed by atoms with Gasteiger partial charge in [0.2, 0.25) is 11.7 Å². The molecule has 1 aliphatic heterocycles. The zero-order chi connectivity index (χ0) is 20.2. The quantitative estimate of drug-likeness (QED) is 0.689. The van der Waals surface area contributed by atoms with Crippen molar-refractivity contribution in [3.05, 3.63) is 60.0 Å². The Hall–Kier alpha value is -3.35. The van der Waals surface area contributed by atoms with E-state index in [0.29, 0.717) is 18.3 Å². The molecule has 150 valence electrons. The van der Waals surface area contributed by atoms with E-state index in [-0.39, 0.29) is 12.1 Å². The van der Waals surface area contributed by atoms with Crippen molar-refractivity contribution in [2.75, 3.05) is 19.0 Å². The highest BCUT2D eigenvalue weighted by molar-refractivity contribution is 5.89. The Balaban J connectivity index is 1.54. The summed E-state index contributed by atoms with van der Waals surface area (Å²) in [6.45, 7) is 2.65. The van der Waals surface area contributed by atoms with Crippen molar-refractivity contribution in [1.82, 2.24) is 15.0 Å². The van der Waals surface area contributed by atoms with E-state index < -0.39 is 0 Å². The molecular formula is C22H24N4O3. The maximum Gasteiger partial charge on any atom is 0.322 e. The van der Waals surface area contributed by atoms with Crippen LogP contribution in [-0.4, -0.2) is 34.7 Å². The van der Waals surface area contributed by atoms with Crippen molar-refractivity contribution in [2.45, 2.75) is 32.2 Å². The summed E-state index contributed by atoms with van der Waals surface area (Å²) in [4.78, 5) is 19.3. The number of urea groups is 1. The van der Waals surface area contributed by atoms with Gasteiger partial charge in [0.05, 0.1) is 7.11 Å². The average Bonchev–Trinajstić information content (AvgIpc) is 3.24. The van der Waals surface area contributed by atoms with E-state index in [2.05, 4.69) is 15.5 Å². The third-order valence-corrected chi connectivity index (χ3v) is 5.09. The lowest BCUT2D eigenvalue weighted by molar-refractivity contribution is 0.142. The molecule has 0 unspecified atom stereocenters. The number of ether oxygens (including phenoxy) is 1. The van der Waals surface area contributed by atoms with Gasteiger partial charge in [-0.1, -0.05) is 29.4 Å². The van der Waals surface area contributed by atoms with Gasteiger partial charge >= 0.3 is 6.03 Å². The van der Waals surface area contributed by atoms with Gasteiger partial charge in [-0.25, -0.2) is 4.79 Å². The summed E-state index contributed by atoms with van der Waals surface area (Å²) in [5.74, 6) is 1.68. The second-order valence-corrected chi connectivity index (χ2v) is 7.19. The molecule has 2 heterocycles. The van der Waals surface area contributed by atoms with Gasteiger partial charge in [-0.15, -0.1) is 0 Å². The second-order valence-electron chi connectivity index (χ2n) is 7.19. The van der Waals surface area contributed by atoms with Crippen LogP contribution in [0.5, 0.6) is 5.75 Å². The monoisotopic (exact) mass is 392 g/mol. The van der Waals surface area contributed by atoms with E-state index in [9.17, 15) is 4.79 Å². The van der Waals surface area contributed by atoms with Crippen LogP contribution in [0, 0.1) is 6.92 Å². The lowest BCUT2D eigenvalue weighted by Crippen LogP contribution is -2.41. The number of rotatable bonds is 4. The first-order chi connectivity index (χ1) is 14.1. The van der Waals surface area contributed by atoms with Gasteiger partial charge in [0.25, 0.3) is 0 Å². The Morgan fingerprint density at radius 1 is 1.21 bits per heavy atom. The van der Waals surface area contributed by atoms with Crippen LogP contribution >= 0.6 is 0 Å². The van der Waals surface area contributed by atoms with Crippen LogP contribution < -0.4 is 10.1 Å². The van der Waals surface area contributed by atoms with Crippen molar-refractivity contribution >= 4 is 11.7 Å². The first-order valence-electron chi connectivity index (χ1n) is 9.76. The standard InChI is InChI=1S/C22H24N4O3/c1-15-7-5-9-17(13-15)23-22(27)26-12-4-3-11-19(26)21-24-20(25-29-21)16-8-6-10-18(14-16)28-2/h5-10,13-14,19H,3-4,11-12H2,1-2H3,(H,23,27)/t19-/m0/s1. The fourth-order valence-corrected chi connectivity index (χ4v) is 3.60. The molecule has 7 nitrogen and oxygen atoms in total. The Morgan fingerprint density at radius 2 is 2.07 bits per heavy atom. The predicted molar refractivity (Wildman–Crippen MR) is 110 cm³/mol. The largest absolute Gasteiger partial charge is 0.497 e. The molecule has 0 bridgehead atoms. The average molecular weight is 392 g/mol. The predicted octanol–water partition coefficient (Wildman–Crippen LogP) is 4.81. The molecular weight excluding hydrogens is 368 g/mol. The number of aryl methyl sites for hydroxylation is 1. The van der Waals surface area contributed by atoms with Crippen LogP contribution in [0.1, 0.15) is 36.8 Å². The molecule has 0 aliphatic carbocycles. The van der Waals surface area contributed by atoms with Crippen molar-refractivity contribution < 1.29 is 14.1 Å². The summed E-state index contributed by atoms with van der Waals surface area (Å²) in [7, 11) is 1.62. The number of methoxy groups -OCH3 is 1. The molecule has 1 saturated heterocycles. The van der Waals surface area contributed by atoms with Gasteiger partial charge in [0.1, 0.15) is 11.8 Å². The fraction of sp³-hybridized carbons (Fsp3) is 0.318. The first kappa shape index (κ1) is 19.0. The minimum absolute atomic E-state index is 0.151. The van der Waals surface area contributed by atoms with Gasteiger partial charge in [0.15, 0.2) is 0 Å². The van der Waals surface area contributed by atoms with Crippen LogP contribution in [0.4, 0.5) is 10.5 Å². The number of anilines is 1. The van der Waals surface area contributed by atoms with Crippen LogP contribution in [0.15, 0.2) is 53.1 Å². The molecule has 0 spiro atoms. The van der Waals surface area contributed by atoms with Crippen LogP contribution in [0.2, 0.25) is 0 Å². The van der Waals surface area contributed by atoms with E-state index in [4.69, 9.17) is 9.26 Å². The maximum absolute atomic E-state index is 12.9. The zero-order valence-electron chi connectivity index (χ0n) is 16.6. The Kier molecular flexibility index (Phi) is 5.46. The number of piperidine rings is 1. The van der Waals surface area contributed by atoms with Crippen molar-refractivity contribution in [1.29, 1.82) is 0 Å². The smallest absolute Gasteiger partial charge is 0.322 e. The lowest BCUT2D eigenvalue weighted by atomic mass is 10.0. The molecule has 1 aliphatic rings. The number of carbonyl (C=O) groups is 1. The Bertz CT molecular complexity index is 1000. The molecule has 1 atom stereocenters. The molecule has 3 aromatic rings. The van der Waals surface area contributed by atoms with Crippen molar-refractivity contribution in [2.24, 2.45) is 0 Å². The van der Waals surface area contributed by atoms with Gasteiger partial charge in [0, 0.05) is 17.8 Å². The van der Waals surface area contributed by atoms with E-state index in [1.54, 1.807) is 12.0 Å². The van der Waals surface area contributed by atoms with Gasteiger partial charge in [-0.05, 0) is 56.0 Å².